The number of aromatic nitrogens is 1. The number of nitrogens with two attached hydrogens (primary N) is 1. The molecule has 0 saturated heterocycles. The van der Waals surface area contributed by atoms with E-state index >= 15 is 4.39 Å². The molecule has 4 rings (SSSR count). The highest BCUT2D eigenvalue weighted by Crippen LogP contribution is 2.41. The van der Waals surface area contributed by atoms with Gasteiger partial charge in [0.1, 0.15) is 23.5 Å². The minimum atomic E-state index is -1.30. The molecule has 11 nitrogen and oxygen atoms in total. The maximum Gasteiger partial charge on any atom is 0.344 e. The normalized spacial score (nSPS) is 15.6. The summed E-state index contributed by atoms with van der Waals surface area (Å²) < 4.78 is 47.2. The summed E-state index contributed by atoms with van der Waals surface area (Å²) in [6.07, 6.45) is 0.928. The Kier molecular flexibility index (Phi) is 8.67. The first-order chi connectivity index (χ1) is 19.4. The number of aliphatic carboxylic acids is 1. The molecule has 0 spiro atoms. The first-order valence-electron chi connectivity index (χ1n) is 12.6. The second-order valence-corrected chi connectivity index (χ2v) is 9.77. The molecule has 1 aromatic heterocycles. The fourth-order valence-electron chi connectivity index (χ4n) is 4.07. The number of carbonyl (C=O) groups is 1. The smallest absolute Gasteiger partial charge is 0.344 e. The van der Waals surface area contributed by atoms with E-state index in [1.165, 1.54) is 36.4 Å². The Bertz CT molecular complexity index is 1500. The van der Waals surface area contributed by atoms with Gasteiger partial charge < -0.3 is 30.2 Å². The number of nitrogens with zero attached hydrogens (tertiary/aromatic N) is 3. The Hall–Kier alpha value is -4.78. The number of phenolic OH excluding ortho intramolecular Hbond substituents is 1. The Morgan fingerprint density at radius 3 is 2.59 bits per heavy atom. The summed E-state index contributed by atoms with van der Waals surface area (Å²) >= 11 is 0. The molecule has 0 radical (unpaired) electrons. The number of benzene rings is 2. The van der Waals surface area contributed by atoms with Crippen LogP contribution >= 0.6 is 0 Å². The number of halogens is 2. The third-order valence-corrected chi connectivity index (χ3v) is 6.12. The quantitative estimate of drug-likeness (QED) is 0.187. The fraction of sp³-hybridized carbons (Fsp3) is 0.286. The molecule has 0 fully saturated rings. The van der Waals surface area contributed by atoms with Gasteiger partial charge in [0, 0.05) is 23.9 Å². The minimum Gasteiger partial charge on any atom is -0.504 e. The third-order valence-electron chi connectivity index (χ3n) is 6.12. The SMILES string of the molecule is CC(C)CC(Oc1ccc(Oc2c(F)cnc(Oc3cc(C(=N)N)ccc3O)c2F)c(C2N=CCN2C)c1)C(=O)O. The summed E-state index contributed by atoms with van der Waals surface area (Å²) in [5, 5.41) is 27.3. The van der Waals surface area contributed by atoms with Gasteiger partial charge in [0.05, 0.1) is 6.20 Å². The second-order valence-electron chi connectivity index (χ2n) is 9.77. The van der Waals surface area contributed by atoms with Crippen molar-refractivity contribution in [3.05, 3.63) is 65.4 Å². The van der Waals surface area contributed by atoms with Crippen LogP contribution in [0.4, 0.5) is 8.78 Å². The number of nitrogens with one attached hydrogen (secondary N) is 1. The number of aliphatic imine (C=N–C) groups is 1. The average molecular weight is 570 g/mol. The number of hydrogen-bond donors (Lipinski definition) is 4. The largest absolute Gasteiger partial charge is 0.504 e. The van der Waals surface area contributed by atoms with Gasteiger partial charge in [-0.15, -0.1) is 0 Å². The topological polar surface area (TPSA) is 164 Å². The van der Waals surface area contributed by atoms with Gasteiger partial charge >= 0.3 is 5.97 Å². The number of carboxylic acids is 1. The molecule has 5 N–H and O–H groups in total. The van der Waals surface area contributed by atoms with Crippen LogP contribution < -0.4 is 19.9 Å². The average Bonchev–Trinajstić information content (AvgIpc) is 3.34. The molecule has 2 unspecified atom stereocenters. The molecule has 13 heteroatoms. The van der Waals surface area contributed by atoms with Gasteiger partial charge in [0.15, 0.2) is 23.4 Å². The zero-order chi connectivity index (χ0) is 29.8. The predicted octanol–water partition coefficient (Wildman–Crippen LogP) is 4.83. The van der Waals surface area contributed by atoms with Gasteiger partial charge in [-0.1, -0.05) is 13.8 Å². The maximum absolute atomic E-state index is 15.5. The summed E-state index contributed by atoms with van der Waals surface area (Å²) in [7, 11) is 1.79. The van der Waals surface area contributed by atoms with E-state index in [1.807, 2.05) is 18.7 Å². The van der Waals surface area contributed by atoms with Crippen LogP contribution in [0.2, 0.25) is 0 Å². The lowest BCUT2D eigenvalue weighted by Gasteiger charge is -2.23. The van der Waals surface area contributed by atoms with Crippen molar-refractivity contribution in [2.45, 2.75) is 32.5 Å². The number of rotatable bonds is 11. The number of pyridine rings is 1. The van der Waals surface area contributed by atoms with Gasteiger partial charge in [0.25, 0.3) is 5.88 Å². The van der Waals surface area contributed by atoms with Gasteiger partial charge in [-0.2, -0.15) is 4.39 Å². The molecule has 2 aromatic carbocycles. The molecular weight excluding hydrogens is 540 g/mol. The number of ether oxygens (including phenoxy) is 3. The first-order valence-corrected chi connectivity index (χ1v) is 12.6. The van der Waals surface area contributed by atoms with E-state index in [0.717, 1.165) is 0 Å². The molecule has 3 aromatic rings. The van der Waals surface area contributed by atoms with Crippen molar-refractivity contribution in [1.29, 1.82) is 5.41 Å². The highest BCUT2D eigenvalue weighted by Gasteiger charge is 2.28. The van der Waals surface area contributed by atoms with E-state index in [9.17, 15) is 19.4 Å². The molecule has 0 saturated carbocycles. The van der Waals surface area contributed by atoms with Crippen LogP contribution in [0, 0.1) is 23.0 Å². The zero-order valence-corrected chi connectivity index (χ0v) is 22.5. The molecule has 2 atom stereocenters. The molecule has 0 aliphatic carbocycles. The van der Waals surface area contributed by atoms with Crippen LogP contribution in [-0.2, 0) is 4.79 Å². The number of amidine groups is 1. The lowest BCUT2D eigenvalue weighted by atomic mass is 10.1. The summed E-state index contributed by atoms with van der Waals surface area (Å²) in [6, 6.07) is 8.14. The van der Waals surface area contributed by atoms with Crippen molar-refractivity contribution in [2.24, 2.45) is 16.6 Å². The van der Waals surface area contributed by atoms with E-state index in [0.29, 0.717) is 18.3 Å². The molecule has 0 amide bonds. The number of hydrogen-bond acceptors (Lipinski definition) is 9. The minimum absolute atomic E-state index is 0.0281. The van der Waals surface area contributed by atoms with E-state index in [2.05, 4.69) is 9.98 Å². The van der Waals surface area contributed by atoms with Gasteiger partial charge in [-0.3, -0.25) is 15.3 Å². The van der Waals surface area contributed by atoms with E-state index in [-0.39, 0.29) is 46.7 Å². The van der Waals surface area contributed by atoms with Crippen molar-refractivity contribution in [1.82, 2.24) is 9.88 Å². The maximum atomic E-state index is 15.5. The lowest BCUT2D eigenvalue weighted by Crippen LogP contribution is -2.28. The Morgan fingerprint density at radius 1 is 1.20 bits per heavy atom. The Balaban J connectivity index is 1.70. The van der Waals surface area contributed by atoms with Crippen molar-refractivity contribution < 1.29 is 38.0 Å². The second kappa shape index (κ2) is 12.2. The van der Waals surface area contributed by atoms with Crippen molar-refractivity contribution >= 4 is 18.0 Å². The number of carboxylic acid groups (broad SMARTS) is 1. The van der Waals surface area contributed by atoms with E-state index in [1.54, 1.807) is 13.3 Å². The molecule has 1 aliphatic heterocycles. The Labute approximate surface area is 234 Å². The number of nitrogen functional groups attached to an aromatic ring is 1. The monoisotopic (exact) mass is 569 g/mol. The fourth-order valence-corrected chi connectivity index (χ4v) is 4.07. The Morgan fingerprint density at radius 2 is 1.95 bits per heavy atom. The summed E-state index contributed by atoms with van der Waals surface area (Å²) in [5.74, 6) is -5.74. The highest BCUT2D eigenvalue weighted by atomic mass is 19.1. The van der Waals surface area contributed by atoms with E-state index in [4.69, 9.17) is 25.4 Å². The molecule has 41 heavy (non-hydrogen) atoms. The van der Waals surface area contributed by atoms with Crippen LogP contribution in [0.1, 0.15) is 37.6 Å². The van der Waals surface area contributed by atoms with Gasteiger partial charge in [-0.25, -0.2) is 14.2 Å². The summed E-state index contributed by atoms with van der Waals surface area (Å²) in [6.45, 7) is 4.25. The summed E-state index contributed by atoms with van der Waals surface area (Å²) in [4.78, 5) is 21.6. The van der Waals surface area contributed by atoms with E-state index < -0.39 is 41.5 Å². The standard InChI is InChI=1S/C28H29F2N5O6/c1-14(2)10-22(28(37)38)39-16-5-7-20(17(12-16)26-33-8-9-35(26)3)40-24-18(29)13-34-27(23(24)30)41-21-11-15(25(31)32)4-6-19(21)36/h4-8,11-14,22,26,36H,9-10H2,1-3H3,(H3,31,32)(H,37,38). The van der Waals surface area contributed by atoms with Crippen molar-refractivity contribution in [3.63, 3.8) is 0 Å². The lowest BCUT2D eigenvalue weighted by molar-refractivity contribution is -0.145. The molecular formula is C28H29F2N5O6. The van der Waals surface area contributed by atoms with Crippen molar-refractivity contribution in [2.75, 3.05) is 13.6 Å². The van der Waals surface area contributed by atoms with Crippen LogP contribution in [-0.4, -0.2) is 57.8 Å². The van der Waals surface area contributed by atoms with Crippen molar-refractivity contribution in [3.8, 4) is 34.6 Å². The van der Waals surface area contributed by atoms with Crippen LogP contribution in [0.3, 0.4) is 0 Å². The van der Waals surface area contributed by atoms with Crippen LogP contribution in [0.15, 0.2) is 47.6 Å². The molecule has 1 aliphatic rings. The zero-order valence-electron chi connectivity index (χ0n) is 22.5. The highest BCUT2D eigenvalue weighted by molar-refractivity contribution is 5.95. The molecule has 0 bridgehead atoms. The predicted molar refractivity (Wildman–Crippen MR) is 145 cm³/mol. The van der Waals surface area contributed by atoms with Crippen LogP contribution in [0.25, 0.3) is 0 Å². The third kappa shape index (κ3) is 6.69. The van der Waals surface area contributed by atoms with Crippen LogP contribution in [0.5, 0.6) is 34.6 Å². The number of aromatic hydroxyl groups is 1. The molecule has 2 heterocycles. The number of phenols is 1. The first kappa shape index (κ1) is 29.2. The molecule has 216 valence electrons. The summed E-state index contributed by atoms with van der Waals surface area (Å²) in [5.41, 5.74) is 6.04. The van der Waals surface area contributed by atoms with Gasteiger partial charge in [-0.05, 0) is 55.8 Å². The van der Waals surface area contributed by atoms with Gasteiger partial charge in [0.2, 0.25) is 11.6 Å².